The van der Waals surface area contributed by atoms with E-state index >= 15 is 0 Å². The van der Waals surface area contributed by atoms with E-state index in [1.165, 1.54) is 6.07 Å². The molecule has 0 aliphatic heterocycles. The fraction of sp³-hybridized carbons (Fsp3) is 0.286. The molecule has 0 aliphatic rings. The van der Waals surface area contributed by atoms with Crippen LogP contribution in [0.1, 0.15) is 24.4 Å². The van der Waals surface area contributed by atoms with Crippen molar-refractivity contribution in [2.45, 2.75) is 19.9 Å². The highest BCUT2D eigenvalue weighted by Gasteiger charge is 2.11. The van der Waals surface area contributed by atoms with Gasteiger partial charge in [0.25, 0.3) is 5.56 Å². The molecule has 1 aromatic heterocycles. The maximum atomic E-state index is 11.7. The maximum absolute atomic E-state index is 11.7. The Bertz CT molecular complexity index is 647. The molecule has 0 spiro atoms. The lowest BCUT2D eigenvalue weighted by Crippen LogP contribution is -2.17. The van der Waals surface area contributed by atoms with Crippen LogP contribution < -0.4 is 16.0 Å². The van der Waals surface area contributed by atoms with Gasteiger partial charge in [0, 0.05) is 11.6 Å². The number of aromatic amines is 1. The van der Waals surface area contributed by atoms with Crippen molar-refractivity contribution in [3.05, 3.63) is 46.0 Å². The van der Waals surface area contributed by atoms with E-state index in [0.717, 1.165) is 11.1 Å². The molecule has 3 N–H and O–H groups in total. The zero-order chi connectivity index (χ0) is 14.0. The lowest BCUT2D eigenvalue weighted by molar-refractivity contribution is 0.416. The Kier molecular flexibility index (Phi) is 3.66. The van der Waals surface area contributed by atoms with E-state index in [0.29, 0.717) is 17.3 Å². The summed E-state index contributed by atoms with van der Waals surface area (Å²) in [6.07, 6.45) is 0. The Balaban J connectivity index is 2.61. The molecule has 0 saturated carbocycles. The molecule has 0 amide bonds. The highest BCUT2D eigenvalue weighted by atomic mass is 16.5. The predicted molar refractivity (Wildman–Crippen MR) is 74.2 cm³/mol. The molecule has 5 nitrogen and oxygen atoms in total. The molecule has 1 aromatic carbocycles. The number of aromatic nitrogens is 2. The van der Waals surface area contributed by atoms with Crippen molar-refractivity contribution in [2.24, 2.45) is 5.73 Å². The fourth-order valence-corrected chi connectivity index (χ4v) is 1.84. The van der Waals surface area contributed by atoms with Crippen LogP contribution in [-0.2, 0) is 0 Å². The topological polar surface area (TPSA) is 81.0 Å². The smallest absolute Gasteiger partial charge is 0.251 e. The van der Waals surface area contributed by atoms with E-state index in [-0.39, 0.29) is 11.6 Å². The van der Waals surface area contributed by atoms with E-state index in [4.69, 9.17) is 10.5 Å². The number of ether oxygens (including phenoxy) is 1. The molecule has 1 unspecified atom stereocenters. The van der Waals surface area contributed by atoms with Crippen molar-refractivity contribution in [3.8, 4) is 17.0 Å². The highest BCUT2D eigenvalue weighted by Crippen LogP contribution is 2.28. The molecule has 19 heavy (non-hydrogen) atoms. The number of aryl methyl sites for hydroxylation is 1. The van der Waals surface area contributed by atoms with Crippen LogP contribution in [0, 0.1) is 6.92 Å². The molecular weight excluding hydrogens is 242 g/mol. The average molecular weight is 259 g/mol. The maximum Gasteiger partial charge on any atom is 0.251 e. The van der Waals surface area contributed by atoms with Crippen LogP contribution >= 0.6 is 0 Å². The number of methoxy groups -OCH3 is 1. The first kappa shape index (κ1) is 13.3. The first-order chi connectivity index (χ1) is 9.01. The van der Waals surface area contributed by atoms with E-state index in [2.05, 4.69) is 9.97 Å². The Morgan fingerprint density at radius 3 is 2.74 bits per heavy atom. The van der Waals surface area contributed by atoms with E-state index in [1.807, 2.05) is 25.1 Å². The van der Waals surface area contributed by atoms with Gasteiger partial charge in [-0.1, -0.05) is 6.07 Å². The summed E-state index contributed by atoms with van der Waals surface area (Å²) in [5, 5.41) is 0. The minimum Gasteiger partial charge on any atom is -0.496 e. The SMILES string of the molecule is COc1cc(C)ccc1-c1cc(=O)[nH]c(C(C)N)n1. The van der Waals surface area contributed by atoms with Crippen molar-refractivity contribution in [1.29, 1.82) is 0 Å². The lowest BCUT2D eigenvalue weighted by Gasteiger charge is -2.11. The van der Waals surface area contributed by atoms with Crippen LogP contribution in [0.5, 0.6) is 5.75 Å². The Morgan fingerprint density at radius 2 is 2.11 bits per heavy atom. The van der Waals surface area contributed by atoms with Gasteiger partial charge in [0.1, 0.15) is 11.6 Å². The monoisotopic (exact) mass is 259 g/mol. The van der Waals surface area contributed by atoms with Crippen LogP contribution in [0.15, 0.2) is 29.1 Å². The summed E-state index contributed by atoms with van der Waals surface area (Å²) in [6, 6.07) is 6.86. The van der Waals surface area contributed by atoms with Crippen molar-refractivity contribution in [1.82, 2.24) is 9.97 Å². The van der Waals surface area contributed by atoms with Crippen LogP contribution in [0.25, 0.3) is 11.3 Å². The second kappa shape index (κ2) is 5.24. The average Bonchev–Trinajstić information content (AvgIpc) is 2.37. The Labute approximate surface area is 111 Å². The molecule has 0 saturated heterocycles. The number of benzene rings is 1. The van der Waals surface area contributed by atoms with Crippen molar-refractivity contribution in [2.75, 3.05) is 7.11 Å². The van der Waals surface area contributed by atoms with Gasteiger partial charge in [-0.2, -0.15) is 0 Å². The van der Waals surface area contributed by atoms with Gasteiger partial charge >= 0.3 is 0 Å². The molecule has 5 heteroatoms. The summed E-state index contributed by atoms with van der Waals surface area (Å²) in [5.74, 6) is 1.15. The minimum absolute atomic E-state index is 0.222. The quantitative estimate of drug-likeness (QED) is 0.880. The van der Waals surface area contributed by atoms with Crippen LogP contribution in [0.2, 0.25) is 0 Å². The van der Waals surface area contributed by atoms with Crippen molar-refractivity contribution < 1.29 is 4.74 Å². The van der Waals surface area contributed by atoms with Crippen LogP contribution in [-0.4, -0.2) is 17.1 Å². The number of nitrogens with zero attached hydrogens (tertiary/aromatic N) is 1. The molecule has 0 fully saturated rings. The molecular formula is C14H17N3O2. The largest absolute Gasteiger partial charge is 0.496 e. The van der Waals surface area contributed by atoms with Gasteiger partial charge in [0.05, 0.1) is 18.8 Å². The van der Waals surface area contributed by atoms with E-state index in [1.54, 1.807) is 14.0 Å². The van der Waals surface area contributed by atoms with Crippen LogP contribution in [0.3, 0.4) is 0 Å². The third-order valence-corrected chi connectivity index (χ3v) is 2.82. The van der Waals surface area contributed by atoms with E-state index in [9.17, 15) is 4.79 Å². The van der Waals surface area contributed by atoms with Gasteiger partial charge < -0.3 is 15.5 Å². The lowest BCUT2D eigenvalue weighted by atomic mass is 10.1. The Morgan fingerprint density at radius 1 is 1.37 bits per heavy atom. The first-order valence-corrected chi connectivity index (χ1v) is 6.03. The van der Waals surface area contributed by atoms with Gasteiger partial charge in [0.2, 0.25) is 0 Å². The first-order valence-electron chi connectivity index (χ1n) is 6.03. The normalized spacial score (nSPS) is 12.2. The zero-order valence-electron chi connectivity index (χ0n) is 11.2. The summed E-state index contributed by atoms with van der Waals surface area (Å²) in [5.41, 5.74) is 7.96. The molecule has 1 heterocycles. The number of H-pyrrole nitrogens is 1. The predicted octanol–water partition coefficient (Wildman–Crippen LogP) is 1.77. The molecule has 2 aromatic rings. The molecule has 1 atom stereocenters. The third-order valence-electron chi connectivity index (χ3n) is 2.82. The summed E-state index contributed by atoms with van der Waals surface area (Å²) < 4.78 is 5.34. The summed E-state index contributed by atoms with van der Waals surface area (Å²) >= 11 is 0. The van der Waals surface area contributed by atoms with Crippen molar-refractivity contribution in [3.63, 3.8) is 0 Å². The number of nitrogens with two attached hydrogens (primary N) is 1. The van der Waals surface area contributed by atoms with Crippen LogP contribution in [0.4, 0.5) is 0 Å². The molecule has 0 radical (unpaired) electrons. The highest BCUT2D eigenvalue weighted by molar-refractivity contribution is 5.67. The molecule has 0 bridgehead atoms. The second-order valence-electron chi connectivity index (χ2n) is 4.51. The fourth-order valence-electron chi connectivity index (χ4n) is 1.84. The zero-order valence-corrected chi connectivity index (χ0v) is 11.2. The van der Waals surface area contributed by atoms with Gasteiger partial charge in [-0.15, -0.1) is 0 Å². The summed E-state index contributed by atoms with van der Waals surface area (Å²) in [6.45, 7) is 3.75. The van der Waals surface area contributed by atoms with Gasteiger partial charge in [-0.3, -0.25) is 4.79 Å². The number of hydrogen-bond acceptors (Lipinski definition) is 4. The molecule has 2 rings (SSSR count). The summed E-state index contributed by atoms with van der Waals surface area (Å²) in [4.78, 5) is 18.7. The Hall–Kier alpha value is -2.14. The number of hydrogen-bond donors (Lipinski definition) is 2. The third kappa shape index (κ3) is 2.82. The second-order valence-corrected chi connectivity index (χ2v) is 4.51. The summed E-state index contributed by atoms with van der Waals surface area (Å²) in [7, 11) is 1.60. The standard InChI is InChI=1S/C14H17N3O2/c1-8-4-5-10(12(6-8)19-3)11-7-13(18)17-14(16-11)9(2)15/h4-7,9H,15H2,1-3H3,(H,16,17,18). The molecule has 100 valence electrons. The number of nitrogens with one attached hydrogen (secondary N) is 1. The minimum atomic E-state index is -0.330. The van der Waals surface area contributed by atoms with Crippen molar-refractivity contribution >= 4 is 0 Å². The van der Waals surface area contributed by atoms with Gasteiger partial charge in [0.15, 0.2) is 0 Å². The molecule has 0 aliphatic carbocycles. The number of rotatable bonds is 3. The van der Waals surface area contributed by atoms with Gasteiger partial charge in [-0.05, 0) is 31.5 Å². The van der Waals surface area contributed by atoms with E-state index < -0.39 is 0 Å². The van der Waals surface area contributed by atoms with Gasteiger partial charge in [-0.25, -0.2) is 4.98 Å².